The number of rotatable bonds is 6. The van der Waals surface area contributed by atoms with Gasteiger partial charge in [-0.1, -0.05) is 173 Å². The number of anilines is 6. The van der Waals surface area contributed by atoms with Gasteiger partial charge >= 0.3 is 0 Å². The van der Waals surface area contributed by atoms with E-state index in [0.717, 1.165) is 34.9 Å². The molecule has 0 aromatic heterocycles. The maximum absolute atomic E-state index is 3.43. The van der Waals surface area contributed by atoms with Crippen LogP contribution in [0.25, 0.3) is 39.0 Å². The molecule has 0 aliphatic heterocycles. The highest BCUT2D eigenvalue weighted by Crippen LogP contribution is 2.68. The minimum absolute atomic E-state index is 0.137. The van der Waals surface area contributed by atoms with E-state index in [4.69, 9.17) is 0 Å². The Labute approximate surface area is 428 Å². The predicted molar refractivity (Wildman–Crippen MR) is 302 cm³/mol. The summed E-state index contributed by atoms with van der Waals surface area (Å²) >= 11 is 0. The summed E-state index contributed by atoms with van der Waals surface area (Å²) in [4.78, 5) is 5.02. The van der Waals surface area contributed by atoms with Crippen molar-refractivity contribution in [3.8, 4) is 33.4 Å². The van der Waals surface area contributed by atoms with Crippen molar-refractivity contribution in [1.29, 1.82) is 0 Å². The molecular weight excluding hydrogens is 881 g/mol. The Balaban J connectivity index is 0.974. The number of nitrogens with zero attached hydrogens (tertiary/aromatic N) is 2. The summed E-state index contributed by atoms with van der Waals surface area (Å²) in [6, 6.07) is 75.7. The van der Waals surface area contributed by atoms with Crippen LogP contribution >= 0.6 is 0 Å². The first kappa shape index (κ1) is 42.1. The summed E-state index contributed by atoms with van der Waals surface area (Å²) < 4.78 is 0. The molecule has 0 radical (unpaired) electrons. The van der Waals surface area contributed by atoms with Crippen LogP contribution in [0.3, 0.4) is 0 Å². The van der Waals surface area contributed by atoms with Crippen LogP contribution in [0.2, 0.25) is 0 Å². The summed E-state index contributed by atoms with van der Waals surface area (Å²) in [5.41, 5.74) is 38.2. The van der Waals surface area contributed by atoms with Crippen LogP contribution in [0.15, 0.2) is 241 Å². The number of aryl methyl sites for hydroxylation is 1. The van der Waals surface area contributed by atoms with E-state index >= 15 is 0 Å². The zero-order chi connectivity index (χ0) is 49.0. The van der Waals surface area contributed by atoms with Gasteiger partial charge in [0, 0.05) is 44.8 Å². The Hall–Kier alpha value is -8.64. The highest BCUT2D eigenvalue weighted by Gasteiger charge is 2.56. The van der Waals surface area contributed by atoms with Crippen LogP contribution in [-0.4, -0.2) is 0 Å². The molecule has 2 heteroatoms. The normalized spacial score (nSPS) is 17.7. The molecular formula is C71H52N2. The molecule has 0 N–H and O–H groups in total. The molecule has 1 spiro atoms. The van der Waals surface area contributed by atoms with Crippen molar-refractivity contribution in [1.82, 2.24) is 0 Å². The highest BCUT2D eigenvalue weighted by atomic mass is 15.2. The first-order valence-corrected chi connectivity index (χ1v) is 25.9. The second-order valence-corrected chi connectivity index (χ2v) is 21.9. The lowest BCUT2D eigenvalue weighted by molar-refractivity contribution is 0.655. The number of benzene rings is 9. The second kappa shape index (κ2) is 15.0. The molecule has 6 aliphatic rings. The van der Waals surface area contributed by atoms with Crippen LogP contribution in [-0.2, 0) is 16.2 Å². The lowest BCUT2D eigenvalue weighted by Gasteiger charge is -2.35. The second-order valence-electron chi connectivity index (χ2n) is 21.9. The van der Waals surface area contributed by atoms with Gasteiger partial charge in [-0.15, -0.1) is 0 Å². The van der Waals surface area contributed by atoms with E-state index in [1.165, 1.54) is 111 Å². The first-order valence-electron chi connectivity index (χ1n) is 25.9. The van der Waals surface area contributed by atoms with Gasteiger partial charge in [-0.3, -0.25) is 0 Å². The maximum atomic E-state index is 3.43. The van der Waals surface area contributed by atoms with E-state index < -0.39 is 5.41 Å². The van der Waals surface area contributed by atoms with Crippen molar-refractivity contribution in [2.24, 2.45) is 0 Å². The van der Waals surface area contributed by atoms with Crippen molar-refractivity contribution in [3.05, 3.63) is 291 Å². The fraction of sp³-hybridized carbons (Fsp3) is 0.127. The van der Waals surface area contributed by atoms with E-state index in [1.807, 2.05) is 0 Å². The summed E-state index contributed by atoms with van der Waals surface area (Å²) in [6.45, 7) is 11.8. The van der Waals surface area contributed by atoms with Gasteiger partial charge in [-0.05, 0) is 192 Å². The summed E-state index contributed by atoms with van der Waals surface area (Å²) in [5, 5.41) is 0. The topological polar surface area (TPSA) is 6.48 Å². The van der Waals surface area contributed by atoms with Crippen LogP contribution in [0.4, 0.5) is 34.1 Å². The monoisotopic (exact) mass is 932 g/mol. The Kier molecular flexibility index (Phi) is 8.62. The van der Waals surface area contributed by atoms with Gasteiger partial charge in [0.2, 0.25) is 0 Å². The van der Waals surface area contributed by atoms with Gasteiger partial charge in [0.05, 0.1) is 11.1 Å². The van der Waals surface area contributed by atoms with Crippen LogP contribution < -0.4 is 9.80 Å². The molecule has 9 aromatic rings. The van der Waals surface area contributed by atoms with Crippen LogP contribution in [0, 0.1) is 6.92 Å². The van der Waals surface area contributed by atoms with Crippen LogP contribution in [0.5, 0.6) is 0 Å². The maximum Gasteiger partial charge on any atom is 0.0693 e. The van der Waals surface area contributed by atoms with Gasteiger partial charge in [0.15, 0.2) is 0 Å². The van der Waals surface area contributed by atoms with Gasteiger partial charge in [-0.25, -0.2) is 0 Å². The van der Waals surface area contributed by atoms with Crippen LogP contribution in [0.1, 0.15) is 84.2 Å². The van der Waals surface area contributed by atoms with Crippen molar-refractivity contribution < 1.29 is 0 Å². The molecule has 2 nitrogen and oxygen atoms in total. The molecule has 0 saturated heterocycles. The number of fused-ring (bicyclic) bond motifs is 16. The van der Waals surface area contributed by atoms with Crippen molar-refractivity contribution in [2.75, 3.05) is 9.80 Å². The average molecular weight is 933 g/mol. The number of allylic oxidation sites excluding steroid dienone is 6. The van der Waals surface area contributed by atoms with Gasteiger partial charge in [-0.2, -0.15) is 0 Å². The molecule has 6 aliphatic carbocycles. The Morgan fingerprint density at radius 1 is 0.397 bits per heavy atom. The minimum atomic E-state index is -0.576. The Morgan fingerprint density at radius 2 is 0.904 bits per heavy atom. The SMILES string of the molecule is Cc1cccc2c1C(C)(C)c1cc(N(c3ccccc3)c3cccc4c3C3=C(CC5=C3C=C=C=C5)C43c4ccccc4-c4ccc(N(c5ccccc5)c5ccc6c(c5)C(C)(C)c5ccccc5-6)cc43)ccc1-2. The summed E-state index contributed by atoms with van der Waals surface area (Å²) in [5.74, 6) is 0. The summed E-state index contributed by atoms with van der Waals surface area (Å²) in [6.07, 6.45) is 5.20. The lowest BCUT2D eigenvalue weighted by atomic mass is 9.68. The van der Waals surface area contributed by atoms with E-state index in [9.17, 15) is 0 Å². The van der Waals surface area contributed by atoms with E-state index in [0.29, 0.717) is 0 Å². The van der Waals surface area contributed by atoms with E-state index in [1.54, 1.807) is 0 Å². The molecule has 9 aromatic carbocycles. The fourth-order valence-electron chi connectivity index (χ4n) is 14.5. The van der Waals surface area contributed by atoms with Gasteiger partial charge in [0.25, 0.3) is 0 Å². The molecule has 0 heterocycles. The molecule has 1 unspecified atom stereocenters. The molecule has 346 valence electrons. The smallest absolute Gasteiger partial charge is 0.0693 e. The molecule has 73 heavy (non-hydrogen) atoms. The Morgan fingerprint density at radius 3 is 1.62 bits per heavy atom. The minimum Gasteiger partial charge on any atom is -0.310 e. The van der Waals surface area contributed by atoms with Gasteiger partial charge in [0.1, 0.15) is 0 Å². The number of para-hydroxylation sites is 2. The first-order chi connectivity index (χ1) is 35.7. The number of hydrogen-bond acceptors (Lipinski definition) is 2. The molecule has 0 saturated carbocycles. The number of hydrogen-bond donors (Lipinski definition) is 0. The van der Waals surface area contributed by atoms with Crippen molar-refractivity contribution in [3.63, 3.8) is 0 Å². The molecule has 0 bridgehead atoms. The lowest BCUT2D eigenvalue weighted by Crippen LogP contribution is -2.28. The van der Waals surface area contributed by atoms with E-state index in [-0.39, 0.29) is 10.8 Å². The summed E-state index contributed by atoms with van der Waals surface area (Å²) in [7, 11) is 0. The van der Waals surface area contributed by atoms with Gasteiger partial charge < -0.3 is 9.80 Å². The highest BCUT2D eigenvalue weighted by molar-refractivity contribution is 6.07. The zero-order valence-electron chi connectivity index (χ0n) is 41.8. The zero-order valence-corrected chi connectivity index (χ0v) is 41.8. The van der Waals surface area contributed by atoms with Crippen molar-refractivity contribution >= 4 is 39.7 Å². The quantitative estimate of drug-likeness (QED) is 0.153. The molecule has 1 atom stereocenters. The standard InChI is InChI=1S/C71H52N2/c1-44-20-18-29-57-56-39-36-50(42-62(56)70(4,5)68(44)57)73(47-24-10-7-11-25-47)65-33-19-32-60-67(65)66-51-26-13-12-21-45(51)40-64(66)71(60)59-31-17-15-28-53(59)55-38-35-49(43-63(55)71)72(46-22-8-6-9-23-46)48-34-37-54-52-27-14-16-30-58(52)69(2,3)61(54)41-48/h6-11,14-39,41-43H,40H2,1-5H3. The molecule has 15 rings (SSSR count). The third kappa shape index (κ3) is 5.55. The fourth-order valence-corrected chi connectivity index (χ4v) is 14.5. The third-order valence-electron chi connectivity index (χ3n) is 17.5. The average Bonchev–Trinajstić information content (AvgIpc) is 4.22. The van der Waals surface area contributed by atoms with Crippen molar-refractivity contribution in [2.45, 2.75) is 57.3 Å². The molecule has 0 fully saturated rings. The Bertz CT molecular complexity index is 4090. The molecule has 0 amide bonds. The largest absolute Gasteiger partial charge is 0.310 e. The van der Waals surface area contributed by atoms with E-state index in [2.05, 4.69) is 268 Å². The predicted octanol–water partition coefficient (Wildman–Crippen LogP) is 18.2. The third-order valence-corrected chi connectivity index (χ3v) is 17.5.